The summed E-state index contributed by atoms with van der Waals surface area (Å²) in [6, 6.07) is 13.4. The Hall–Kier alpha value is -2.54. The molecule has 0 aromatic heterocycles. The summed E-state index contributed by atoms with van der Waals surface area (Å²) in [6.07, 6.45) is 2.24. The maximum atomic E-state index is 12.3. The predicted molar refractivity (Wildman–Crippen MR) is 104 cm³/mol. The SMILES string of the molecule is NC(=O)[C@H]1CCCCN1C(=O)COC(=O)CSc1ccc2ccccc2c1. The fourth-order valence-corrected chi connectivity index (χ4v) is 3.93. The Labute approximate surface area is 162 Å². The van der Waals surface area contributed by atoms with Crippen molar-refractivity contribution in [2.24, 2.45) is 5.73 Å². The fourth-order valence-electron chi connectivity index (χ4n) is 3.19. The molecule has 2 amide bonds. The Bertz CT molecular complexity index is 855. The summed E-state index contributed by atoms with van der Waals surface area (Å²) in [5.41, 5.74) is 5.36. The van der Waals surface area contributed by atoms with E-state index < -0.39 is 17.9 Å². The van der Waals surface area contributed by atoms with Crippen LogP contribution in [0.2, 0.25) is 0 Å². The molecule has 1 aliphatic heterocycles. The first-order valence-corrected chi connectivity index (χ1v) is 9.89. The molecule has 0 aliphatic carbocycles. The lowest BCUT2D eigenvalue weighted by Crippen LogP contribution is -2.51. The first-order chi connectivity index (χ1) is 13.0. The van der Waals surface area contributed by atoms with Crippen LogP contribution in [0.5, 0.6) is 0 Å². The second kappa shape index (κ2) is 8.90. The first kappa shape index (κ1) is 19.2. The van der Waals surface area contributed by atoms with Gasteiger partial charge in [0.1, 0.15) is 6.04 Å². The van der Waals surface area contributed by atoms with E-state index in [-0.39, 0.29) is 18.3 Å². The number of likely N-dealkylation sites (tertiary alicyclic amines) is 1. The molecule has 1 aliphatic rings. The van der Waals surface area contributed by atoms with E-state index in [9.17, 15) is 14.4 Å². The standard InChI is InChI=1S/C20H22N2O4S/c21-20(25)17-7-3-4-10-22(17)18(23)12-26-19(24)13-27-16-9-8-14-5-1-2-6-15(14)11-16/h1-2,5-6,8-9,11,17H,3-4,7,10,12-13H2,(H2,21,25)/t17-/m1/s1. The van der Waals surface area contributed by atoms with E-state index >= 15 is 0 Å². The lowest BCUT2D eigenvalue weighted by Gasteiger charge is -2.33. The van der Waals surface area contributed by atoms with Crippen LogP contribution in [0.4, 0.5) is 0 Å². The first-order valence-electron chi connectivity index (χ1n) is 8.90. The predicted octanol–water partition coefficient (Wildman–Crippen LogP) is 2.34. The summed E-state index contributed by atoms with van der Waals surface area (Å²) in [5.74, 6) is -1.23. The van der Waals surface area contributed by atoms with Crippen molar-refractivity contribution < 1.29 is 19.1 Å². The molecule has 0 radical (unpaired) electrons. The number of hydrogen-bond donors (Lipinski definition) is 1. The van der Waals surface area contributed by atoms with Gasteiger partial charge in [-0.1, -0.05) is 30.3 Å². The topological polar surface area (TPSA) is 89.7 Å². The van der Waals surface area contributed by atoms with Crippen molar-refractivity contribution in [3.8, 4) is 0 Å². The number of esters is 1. The van der Waals surface area contributed by atoms with Crippen molar-refractivity contribution >= 4 is 40.3 Å². The van der Waals surface area contributed by atoms with Gasteiger partial charge in [-0.3, -0.25) is 14.4 Å². The van der Waals surface area contributed by atoms with Crippen molar-refractivity contribution in [1.29, 1.82) is 0 Å². The molecule has 0 unspecified atom stereocenters. The molecular weight excluding hydrogens is 364 g/mol. The van der Waals surface area contributed by atoms with Crippen molar-refractivity contribution in [3.63, 3.8) is 0 Å². The van der Waals surface area contributed by atoms with Gasteiger partial charge in [-0.25, -0.2) is 0 Å². The number of piperidine rings is 1. The smallest absolute Gasteiger partial charge is 0.316 e. The summed E-state index contributed by atoms with van der Waals surface area (Å²) in [6.45, 7) is 0.108. The highest BCUT2D eigenvalue weighted by molar-refractivity contribution is 8.00. The number of nitrogens with zero attached hydrogens (tertiary/aromatic N) is 1. The molecule has 1 atom stereocenters. The Morgan fingerprint density at radius 2 is 1.89 bits per heavy atom. The summed E-state index contributed by atoms with van der Waals surface area (Å²) >= 11 is 1.36. The van der Waals surface area contributed by atoms with Crippen LogP contribution >= 0.6 is 11.8 Å². The van der Waals surface area contributed by atoms with Gasteiger partial charge in [0, 0.05) is 11.4 Å². The fraction of sp³-hybridized carbons (Fsp3) is 0.350. The molecule has 142 valence electrons. The number of nitrogens with two attached hydrogens (primary N) is 1. The Morgan fingerprint density at radius 3 is 2.67 bits per heavy atom. The quantitative estimate of drug-likeness (QED) is 0.608. The average Bonchev–Trinajstić information content (AvgIpc) is 2.70. The van der Waals surface area contributed by atoms with Gasteiger partial charge in [0.05, 0.1) is 5.75 Å². The monoisotopic (exact) mass is 386 g/mol. The molecule has 1 saturated heterocycles. The van der Waals surface area contributed by atoms with E-state index in [1.165, 1.54) is 16.7 Å². The minimum Gasteiger partial charge on any atom is -0.455 e. The normalized spacial score (nSPS) is 16.9. The van der Waals surface area contributed by atoms with Gasteiger partial charge in [-0.05, 0) is 42.2 Å². The van der Waals surface area contributed by atoms with Gasteiger partial charge in [-0.2, -0.15) is 0 Å². The number of amides is 2. The highest BCUT2D eigenvalue weighted by Gasteiger charge is 2.30. The second-order valence-corrected chi connectivity index (χ2v) is 7.51. The molecule has 0 spiro atoms. The number of ether oxygens (including phenoxy) is 1. The maximum Gasteiger partial charge on any atom is 0.316 e. The van der Waals surface area contributed by atoms with E-state index in [0.29, 0.717) is 13.0 Å². The number of benzene rings is 2. The van der Waals surface area contributed by atoms with E-state index in [0.717, 1.165) is 28.5 Å². The molecule has 2 aromatic rings. The van der Waals surface area contributed by atoms with E-state index in [1.807, 2.05) is 42.5 Å². The Kier molecular flexibility index (Phi) is 6.34. The third-order valence-corrected chi connectivity index (χ3v) is 5.55. The van der Waals surface area contributed by atoms with Crippen LogP contribution in [0.3, 0.4) is 0 Å². The molecule has 0 saturated carbocycles. The molecule has 1 fully saturated rings. The maximum absolute atomic E-state index is 12.3. The lowest BCUT2D eigenvalue weighted by atomic mass is 10.0. The zero-order valence-electron chi connectivity index (χ0n) is 14.9. The summed E-state index contributed by atoms with van der Waals surface area (Å²) in [5, 5.41) is 2.24. The third-order valence-electron chi connectivity index (χ3n) is 4.59. The van der Waals surface area contributed by atoms with Gasteiger partial charge in [0.25, 0.3) is 5.91 Å². The lowest BCUT2D eigenvalue weighted by molar-refractivity contribution is -0.153. The number of thioether (sulfide) groups is 1. The Morgan fingerprint density at radius 1 is 1.11 bits per heavy atom. The average molecular weight is 386 g/mol. The van der Waals surface area contributed by atoms with Crippen LogP contribution in [0.1, 0.15) is 19.3 Å². The summed E-state index contributed by atoms with van der Waals surface area (Å²) in [7, 11) is 0. The number of primary amides is 1. The number of fused-ring (bicyclic) bond motifs is 1. The molecule has 2 N–H and O–H groups in total. The molecular formula is C20H22N2O4S. The summed E-state index contributed by atoms with van der Waals surface area (Å²) in [4.78, 5) is 38.1. The molecule has 7 heteroatoms. The van der Waals surface area contributed by atoms with Gasteiger partial charge < -0.3 is 15.4 Å². The molecule has 6 nitrogen and oxygen atoms in total. The van der Waals surface area contributed by atoms with Crippen LogP contribution in [-0.2, 0) is 19.1 Å². The largest absolute Gasteiger partial charge is 0.455 e. The minimum absolute atomic E-state index is 0.116. The number of carbonyl (C=O) groups is 3. The number of rotatable bonds is 6. The zero-order chi connectivity index (χ0) is 19.2. The van der Waals surface area contributed by atoms with Crippen LogP contribution in [0.25, 0.3) is 10.8 Å². The van der Waals surface area contributed by atoms with Gasteiger partial charge in [0.2, 0.25) is 5.91 Å². The number of hydrogen-bond acceptors (Lipinski definition) is 5. The molecule has 0 bridgehead atoms. The van der Waals surface area contributed by atoms with Crippen LogP contribution < -0.4 is 5.73 Å². The zero-order valence-corrected chi connectivity index (χ0v) is 15.7. The van der Waals surface area contributed by atoms with Crippen molar-refractivity contribution in [1.82, 2.24) is 4.90 Å². The van der Waals surface area contributed by atoms with Crippen LogP contribution in [0.15, 0.2) is 47.4 Å². The van der Waals surface area contributed by atoms with Gasteiger partial charge >= 0.3 is 5.97 Å². The van der Waals surface area contributed by atoms with Crippen molar-refractivity contribution in [2.45, 2.75) is 30.2 Å². The third kappa shape index (κ3) is 5.01. The summed E-state index contributed by atoms with van der Waals surface area (Å²) < 4.78 is 5.09. The molecule has 2 aromatic carbocycles. The molecule has 27 heavy (non-hydrogen) atoms. The molecule has 3 rings (SSSR count). The number of carbonyl (C=O) groups excluding carboxylic acids is 3. The van der Waals surface area contributed by atoms with Gasteiger partial charge in [-0.15, -0.1) is 11.8 Å². The second-order valence-electron chi connectivity index (χ2n) is 6.46. The Balaban J connectivity index is 1.48. The molecule has 1 heterocycles. The highest BCUT2D eigenvalue weighted by atomic mass is 32.2. The van der Waals surface area contributed by atoms with Crippen LogP contribution in [0, 0.1) is 0 Å². The van der Waals surface area contributed by atoms with Crippen molar-refractivity contribution in [3.05, 3.63) is 42.5 Å². The minimum atomic E-state index is -0.600. The van der Waals surface area contributed by atoms with Crippen LogP contribution in [-0.4, -0.2) is 47.6 Å². The highest BCUT2D eigenvalue weighted by Crippen LogP contribution is 2.23. The van der Waals surface area contributed by atoms with Crippen molar-refractivity contribution in [2.75, 3.05) is 18.9 Å². The van der Waals surface area contributed by atoms with E-state index in [4.69, 9.17) is 10.5 Å². The van der Waals surface area contributed by atoms with E-state index in [2.05, 4.69) is 0 Å². The van der Waals surface area contributed by atoms with E-state index in [1.54, 1.807) is 0 Å². The van der Waals surface area contributed by atoms with Gasteiger partial charge in [0.15, 0.2) is 6.61 Å².